The topological polar surface area (TPSA) is 73.9 Å². The lowest BCUT2D eigenvalue weighted by Crippen LogP contribution is -2.23. The number of amides is 2. The first kappa shape index (κ1) is 18.4. The van der Waals surface area contributed by atoms with E-state index in [0.29, 0.717) is 17.4 Å². The number of hydrogen-bond donors (Lipinski definition) is 1. The quantitative estimate of drug-likeness (QED) is 0.749. The molecule has 28 heavy (non-hydrogen) atoms. The molecule has 1 heterocycles. The van der Waals surface area contributed by atoms with Gasteiger partial charge in [0, 0.05) is 5.92 Å². The minimum absolute atomic E-state index is 0.321. The van der Waals surface area contributed by atoms with Gasteiger partial charge in [0.1, 0.15) is 5.75 Å². The largest absolute Gasteiger partial charge is 0.493 e. The Morgan fingerprint density at radius 3 is 2.46 bits per heavy atom. The maximum Gasteiger partial charge on any atom is 0.290 e. The normalized spacial score (nSPS) is 19.1. The van der Waals surface area contributed by atoms with E-state index in [1.54, 1.807) is 20.3 Å². The number of ether oxygens (including phenoxy) is 3. The van der Waals surface area contributed by atoms with Gasteiger partial charge in [-0.25, -0.2) is 0 Å². The predicted octanol–water partition coefficient (Wildman–Crippen LogP) is 3.75. The third-order valence-corrected chi connectivity index (χ3v) is 5.63. The summed E-state index contributed by atoms with van der Waals surface area (Å²) in [6, 6.07) is 11.5. The van der Waals surface area contributed by atoms with Gasteiger partial charge in [0.2, 0.25) is 0 Å². The van der Waals surface area contributed by atoms with Crippen LogP contribution in [0.1, 0.15) is 22.6 Å². The number of fused-ring (bicyclic) bond motifs is 1. The smallest absolute Gasteiger partial charge is 0.290 e. The lowest BCUT2D eigenvalue weighted by molar-refractivity contribution is -0.115. The second-order valence-corrected chi connectivity index (χ2v) is 7.55. The molecule has 2 aromatic carbocycles. The van der Waals surface area contributed by atoms with Gasteiger partial charge >= 0.3 is 0 Å². The Kier molecular flexibility index (Phi) is 5.00. The van der Waals surface area contributed by atoms with Gasteiger partial charge < -0.3 is 14.2 Å². The van der Waals surface area contributed by atoms with E-state index in [1.807, 2.05) is 36.4 Å². The Morgan fingerprint density at radius 2 is 1.82 bits per heavy atom. The number of hydrogen-bond acceptors (Lipinski definition) is 6. The Labute approximate surface area is 166 Å². The van der Waals surface area contributed by atoms with Crippen LogP contribution < -0.4 is 19.5 Å². The Hall–Kier alpha value is -2.93. The van der Waals surface area contributed by atoms with Crippen LogP contribution in [0.15, 0.2) is 41.3 Å². The third-order valence-electron chi connectivity index (χ3n) is 4.82. The van der Waals surface area contributed by atoms with Crippen molar-refractivity contribution in [3.8, 4) is 17.2 Å². The highest BCUT2D eigenvalue weighted by Crippen LogP contribution is 2.42. The molecule has 1 N–H and O–H groups in total. The summed E-state index contributed by atoms with van der Waals surface area (Å²) in [5, 5.41) is 1.90. The number of thioether (sulfide) groups is 1. The summed E-state index contributed by atoms with van der Waals surface area (Å²) in [5.41, 5.74) is 3.33. The molecule has 1 aliphatic carbocycles. The van der Waals surface area contributed by atoms with Crippen molar-refractivity contribution < 1.29 is 23.8 Å². The Balaban J connectivity index is 1.38. The average molecular weight is 397 g/mol. The van der Waals surface area contributed by atoms with Crippen molar-refractivity contribution in [1.82, 2.24) is 5.32 Å². The van der Waals surface area contributed by atoms with Gasteiger partial charge in [0.05, 0.1) is 25.7 Å². The minimum Gasteiger partial charge on any atom is -0.493 e. The first-order chi connectivity index (χ1) is 13.6. The van der Waals surface area contributed by atoms with Gasteiger partial charge in [-0.1, -0.05) is 12.1 Å². The molecular weight excluding hydrogens is 378 g/mol. The van der Waals surface area contributed by atoms with Crippen molar-refractivity contribution in [2.45, 2.75) is 12.3 Å². The predicted molar refractivity (Wildman–Crippen MR) is 107 cm³/mol. The first-order valence-corrected chi connectivity index (χ1v) is 9.61. The number of imide groups is 1. The van der Waals surface area contributed by atoms with Crippen LogP contribution in [0.2, 0.25) is 0 Å². The van der Waals surface area contributed by atoms with E-state index in [4.69, 9.17) is 14.2 Å². The number of rotatable bonds is 6. The Bertz CT molecular complexity index is 968. The molecule has 1 aliphatic heterocycles. The standard InChI is InChI=1S/C21H19NO5S/c1-25-17-9-13-8-14(16(13)10-18(17)26-2)11-27-15-5-3-12(4-6-15)7-19-20(23)22-21(24)28-19/h3-7,9-10,14H,8,11H2,1-2H3,(H,22,23,24)/b19-7-. The van der Waals surface area contributed by atoms with Gasteiger partial charge in [-0.05, 0) is 65.2 Å². The number of carbonyl (C=O) groups excluding carboxylic acids is 2. The molecule has 1 unspecified atom stereocenters. The van der Waals surface area contributed by atoms with E-state index in [0.717, 1.165) is 41.0 Å². The monoisotopic (exact) mass is 397 g/mol. The summed E-state index contributed by atoms with van der Waals surface area (Å²) < 4.78 is 16.6. The van der Waals surface area contributed by atoms with E-state index in [2.05, 4.69) is 5.32 Å². The highest BCUT2D eigenvalue weighted by atomic mass is 32.2. The van der Waals surface area contributed by atoms with Crippen molar-refractivity contribution >= 4 is 29.0 Å². The second kappa shape index (κ2) is 7.59. The van der Waals surface area contributed by atoms with E-state index in [1.165, 1.54) is 11.1 Å². The lowest BCUT2D eigenvalue weighted by Gasteiger charge is -2.31. The Morgan fingerprint density at radius 1 is 1.11 bits per heavy atom. The van der Waals surface area contributed by atoms with Crippen molar-refractivity contribution in [3.05, 3.63) is 58.0 Å². The highest BCUT2D eigenvalue weighted by molar-refractivity contribution is 8.18. The summed E-state index contributed by atoms with van der Waals surface area (Å²) in [7, 11) is 3.27. The molecule has 2 aromatic rings. The molecule has 144 valence electrons. The van der Waals surface area contributed by atoms with E-state index < -0.39 is 0 Å². The summed E-state index contributed by atoms with van der Waals surface area (Å²) in [6.07, 6.45) is 2.64. The van der Waals surface area contributed by atoms with Crippen LogP contribution in [0.4, 0.5) is 4.79 Å². The molecule has 1 saturated heterocycles. The number of benzene rings is 2. The maximum absolute atomic E-state index is 11.6. The molecule has 0 radical (unpaired) electrons. The summed E-state index contributed by atoms with van der Waals surface area (Å²) in [5.74, 6) is 2.21. The molecule has 1 fully saturated rings. The van der Waals surface area contributed by atoms with Crippen LogP contribution in [0.5, 0.6) is 17.2 Å². The lowest BCUT2D eigenvalue weighted by atomic mass is 9.78. The fourth-order valence-corrected chi connectivity index (χ4v) is 4.00. The van der Waals surface area contributed by atoms with Gasteiger partial charge in [0.15, 0.2) is 11.5 Å². The highest BCUT2D eigenvalue weighted by Gasteiger charge is 2.29. The number of carbonyl (C=O) groups is 2. The van der Waals surface area contributed by atoms with E-state index >= 15 is 0 Å². The first-order valence-electron chi connectivity index (χ1n) is 8.80. The number of nitrogens with one attached hydrogen (secondary N) is 1. The molecule has 0 aromatic heterocycles. The van der Waals surface area contributed by atoms with Gasteiger partial charge in [-0.2, -0.15) is 0 Å². The fourth-order valence-electron chi connectivity index (χ4n) is 3.32. The van der Waals surface area contributed by atoms with Crippen LogP contribution in [0.3, 0.4) is 0 Å². The van der Waals surface area contributed by atoms with Crippen LogP contribution >= 0.6 is 11.8 Å². The fraction of sp³-hybridized carbons (Fsp3) is 0.238. The van der Waals surface area contributed by atoms with Crippen LogP contribution in [-0.2, 0) is 11.2 Å². The molecular formula is C21H19NO5S. The van der Waals surface area contributed by atoms with Crippen LogP contribution in [0, 0.1) is 0 Å². The van der Waals surface area contributed by atoms with E-state index in [-0.39, 0.29) is 11.1 Å². The molecule has 0 bridgehead atoms. The van der Waals surface area contributed by atoms with Gasteiger partial charge in [0.25, 0.3) is 11.1 Å². The molecule has 6 nitrogen and oxygen atoms in total. The molecule has 2 aliphatic rings. The van der Waals surface area contributed by atoms with Gasteiger partial charge in [-0.3, -0.25) is 14.9 Å². The van der Waals surface area contributed by atoms with Crippen LogP contribution in [0.25, 0.3) is 6.08 Å². The molecule has 0 saturated carbocycles. The SMILES string of the molecule is COc1cc2c(cc1OC)C(COc1ccc(/C=C3\SC(=O)NC3=O)cc1)C2. The third kappa shape index (κ3) is 3.57. The van der Waals surface area contributed by atoms with Gasteiger partial charge in [-0.15, -0.1) is 0 Å². The second-order valence-electron chi connectivity index (χ2n) is 6.54. The zero-order valence-corrected chi connectivity index (χ0v) is 16.3. The van der Waals surface area contributed by atoms with Crippen molar-refractivity contribution in [2.24, 2.45) is 0 Å². The van der Waals surface area contributed by atoms with Crippen molar-refractivity contribution in [2.75, 3.05) is 20.8 Å². The average Bonchev–Trinajstić information content (AvgIpc) is 3.00. The zero-order chi connectivity index (χ0) is 19.7. The van der Waals surface area contributed by atoms with Crippen molar-refractivity contribution in [3.63, 3.8) is 0 Å². The molecule has 4 rings (SSSR count). The van der Waals surface area contributed by atoms with Crippen molar-refractivity contribution in [1.29, 1.82) is 0 Å². The van der Waals surface area contributed by atoms with E-state index in [9.17, 15) is 9.59 Å². The summed E-state index contributed by atoms with van der Waals surface area (Å²) in [4.78, 5) is 23.2. The molecule has 7 heteroatoms. The summed E-state index contributed by atoms with van der Waals surface area (Å²) >= 11 is 0.908. The maximum atomic E-state index is 11.6. The molecule has 0 spiro atoms. The molecule has 2 amide bonds. The summed E-state index contributed by atoms with van der Waals surface area (Å²) in [6.45, 7) is 0.579. The molecule has 1 atom stereocenters. The number of methoxy groups -OCH3 is 2. The van der Waals surface area contributed by atoms with Crippen LogP contribution in [-0.4, -0.2) is 32.0 Å². The minimum atomic E-state index is -0.356. The zero-order valence-electron chi connectivity index (χ0n) is 15.5.